The van der Waals surface area contributed by atoms with Crippen LogP contribution in [0.5, 0.6) is 11.5 Å². The Bertz CT molecular complexity index is 1090. The number of nitrogens with zero attached hydrogens (tertiary/aromatic N) is 2. The number of halogens is 1. The van der Waals surface area contributed by atoms with E-state index in [2.05, 4.69) is 10.7 Å². The Morgan fingerprint density at radius 1 is 1.19 bits per heavy atom. The third-order valence-corrected chi connectivity index (χ3v) is 5.90. The molecule has 2 amide bonds. The molecule has 3 heterocycles. The fraction of sp³-hybridized carbons (Fsp3) is 0.273. The average Bonchev–Trinajstić information content (AvgIpc) is 3.39. The van der Waals surface area contributed by atoms with Gasteiger partial charge in [0.1, 0.15) is 12.6 Å². The maximum atomic E-state index is 13.0. The number of fused-ring (bicyclic) bond motifs is 2. The predicted octanol–water partition coefficient (Wildman–Crippen LogP) is 2.95. The maximum Gasteiger partial charge on any atom is 0.251 e. The minimum atomic E-state index is -0.388. The van der Waals surface area contributed by atoms with Crippen molar-refractivity contribution in [3.63, 3.8) is 0 Å². The third-order valence-electron chi connectivity index (χ3n) is 5.66. The van der Waals surface area contributed by atoms with Gasteiger partial charge in [-0.3, -0.25) is 9.59 Å². The number of ether oxygens (including phenoxy) is 2. The Balaban J connectivity index is 1.24. The van der Waals surface area contributed by atoms with Gasteiger partial charge in [0.15, 0.2) is 11.5 Å². The molecule has 2 aromatic rings. The van der Waals surface area contributed by atoms with Crippen molar-refractivity contribution in [2.75, 3.05) is 18.7 Å². The summed E-state index contributed by atoms with van der Waals surface area (Å²) >= 11 is 6.02. The van der Waals surface area contributed by atoms with Crippen LogP contribution < -0.4 is 20.2 Å². The zero-order valence-electron chi connectivity index (χ0n) is 16.8. The second-order valence-corrected chi connectivity index (χ2v) is 8.16. The van der Waals surface area contributed by atoms with Gasteiger partial charge in [0.05, 0.1) is 6.04 Å². The number of hydrogen-bond donors (Lipinski definition) is 2. The highest BCUT2D eigenvalue weighted by molar-refractivity contribution is 6.31. The van der Waals surface area contributed by atoms with Crippen LogP contribution in [0.3, 0.4) is 0 Å². The molecule has 3 aliphatic heterocycles. The molecule has 2 aromatic carbocycles. The molecule has 3 aliphatic rings. The first-order chi connectivity index (χ1) is 15.0. The zero-order valence-corrected chi connectivity index (χ0v) is 17.6. The van der Waals surface area contributed by atoms with Gasteiger partial charge in [-0.05, 0) is 48.7 Å². The number of rotatable bonds is 4. The first-order valence-corrected chi connectivity index (χ1v) is 10.3. The van der Waals surface area contributed by atoms with Crippen LogP contribution in [-0.4, -0.2) is 41.1 Å². The van der Waals surface area contributed by atoms with E-state index in [1.54, 1.807) is 29.5 Å². The lowest BCUT2D eigenvalue weighted by Gasteiger charge is -2.31. The summed E-state index contributed by atoms with van der Waals surface area (Å²) in [5, 5.41) is 5.17. The molecule has 1 saturated heterocycles. The molecular weight excluding hydrogens is 420 g/mol. The third kappa shape index (κ3) is 3.80. The molecule has 9 heteroatoms. The second-order valence-electron chi connectivity index (χ2n) is 7.72. The average molecular weight is 441 g/mol. The monoisotopic (exact) mass is 440 g/mol. The number of carbonyl (C=O) groups is 2. The lowest BCUT2D eigenvalue weighted by molar-refractivity contribution is -0.137. The first-order valence-electron chi connectivity index (χ1n) is 9.97. The summed E-state index contributed by atoms with van der Waals surface area (Å²) in [6.45, 7) is 2.04. The smallest absolute Gasteiger partial charge is 0.251 e. The number of aryl methyl sites for hydroxylation is 1. The molecule has 0 aromatic heterocycles. The Morgan fingerprint density at radius 2 is 2.03 bits per heavy atom. The van der Waals surface area contributed by atoms with E-state index in [-0.39, 0.29) is 37.2 Å². The highest BCUT2D eigenvalue weighted by Crippen LogP contribution is 2.37. The van der Waals surface area contributed by atoms with E-state index < -0.39 is 0 Å². The van der Waals surface area contributed by atoms with Crippen LogP contribution >= 0.6 is 11.6 Å². The standard InChI is InChI=1S/C22H21ClN4O4/c1-13-2-4-15(23)9-16(13)24-21(28)11-26-6-7-27-18(22(26)29)10-17(25-27)14-3-5-19-20(8-14)31-12-30-19/h2-9,17-18,25H,10-12H2,1H3,(H,24,28). The van der Waals surface area contributed by atoms with Crippen molar-refractivity contribution in [3.05, 3.63) is 64.9 Å². The van der Waals surface area contributed by atoms with E-state index in [0.717, 1.165) is 16.9 Å². The fourth-order valence-electron chi connectivity index (χ4n) is 3.99. The zero-order chi connectivity index (χ0) is 21.5. The van der Waals surface area contributed by atoms with Crippen molar-refractivity contribution in [1.82, 2.24) is 15.3 Å². The van der Waals surface area contributed by atoms with Crippen LogP contribution in [0.4, 0.5) is 5.69 Å². The van der Waals surface area contributed by atoms with E-state index in [9.17, 15) is 9.59 Å². The van der Waals surface area contributed by atoms with Gasteiger partial charge >= 0.3 is 0 Å². The number of anilines is 1. The summed E-state index contributed by atoms with van der Waals surface area (Å²) in [5.74, 6) is 1.02. The quantitative estimate of drug-likeness (QED) is 0.760. The number of benzene rings is 2. The van der Waals surface area contributed by atoms with Crippen LogP contribution in [0.2, 0.25) is 5.02 Å². The number of hydrogen-bond acceptors (Lipinski definition) is 6. The molecule has 8 nitrogen and oxygen atoms in total. The summed E-state index contributed by atoms with van der Waals surface area (Å²) in [7, 11) is 0. The molecule has 1 fully saturated rings. The molecule has 2 atom stereocenters. The van der Waals surface area contributed by atoms with Gasteiger partial charge in [0.2, 0.25) is 12.7 Å². The van der Waals surface area contributed by atoms with E-state index in [1.807, 2.05) is 31.2 Å². The van der Waals surface area contributed by atoms with Crippen molar-refractivity contribution >= 4 is 29.1 Å². The predicted molar refractivity (Wildman–Crippen MR) is 114 cm³/mol. The molecule has 0 bridgehead atoms. The lowest BCUT2D eigenvalue weighted by Crippen LogP contribution is -2.49. The van der Waals surface area contributed by atoms with Gasteiger partial charge in [-0.15, -0.1) is 0 Å². The van der Waals surface area contributed by atoms with Crippen molar-refractivity contribution < 1.29 is 19.1 Å². The minimum Gasteiger partial charge on any atom is -0.454 e. The number of nitrogens with one attached hydrogen (secondary N) is 2. The van der Waals surface area contributed by atoms with Crippen LogP contribution in [0.25, 0.3) is 0 Å². The Kier molecular flexibility index (Phi) is 4.95. The summed E-state index contributed by atoms with van der Waals surface area (Å²) in [6.07, 6.45) is 3.99. The SMILES string of the molecule is Cc1ccc(Cl)cc1NC(=O)CN1C=CN2NC(c3ccc4c(c3)OCO4)CC2C1=O. The maximum absolute atomic E-state index is 13.0. The number of hydrazine groups is 1. The van der Waals surface area contributed by atoms with E-state index in [1.165, 1.54) is 4.90 Å². The van der Waals surface area contributed by atoms with Crippen LogP contribution in [0.1, 0.15) is 23.6 Å². The van der Waals surface area contributed by atoms with Crippen LogP contribution in [-0.2, 0) is 9.59 Å². The molecule has 31 heavy (non-hydrogen) atoms. The molecule has 0 aliphatic carbocycles. The Morgan fingerprint density at radius 3 is 2.90 bits per heavy atom. The molecule has 2 N–H and O–H groups in total. The van der Waals surface area contributed by atoms with Crippen molar-refractivity contribution in [2.45, 2.75) is 25.4 Å². The largest absolute Gasteiger partial charge is 0.454 e. The molecule has 0 radical (unpaired) electrons. The van der Waals surface area contributed by atoms with E-state index in [0.29, 0.717) is 22.9 Å². The number of amides is 2. The Labute approximate surface area is 184 Å². The van der Waals surface area contributed by atoms with Gasteiger partial charge in [-0.1, -0.05) is 23.7 Å². The molecule has 2 unspecified atom stereocenters. The number of carbonyl (C=O) groups excluding carboxylic acids is 2. The molecule has 160 valence electrons. The highest BCUT2D eigenvalue weighted by atomic mass is 35.5. The lowest BCUT2D eigenvalue weighted by atomic mass is 10.0. The van der Waals surface area contributed by atoms with Crippen molar-refractivity contribution in [2.24, 2.45) is 0 Å². The fourth-order valence-corrected chi connectivity index (χ4v) is 4.16. The summed E-state index contributed by atoms with van der Waals surface area (Å²) in [5.41, 5.74) is 5.90. The molecule has 0 spiro atoms. The first kappa shape index (κ1) is 19.7. The summed E-state index contributed by atoms with van der Waals surface area (Å²) in [4.78, 5) is 27.0. The van der Waals surface area contributed by atoms with E-state index >= 15 is 0 Å². The van der Waals surface area contributed by atoms with Gasteiger partial charge in [-0.2, -0.15) is 0 Å². The highest BCUT2D eigenvalue weighted by Gasteiger charge is 2.40. The molecular formula is C22H21ClN4O4. The van der Waals surface area contributed by atoms with Crippen LogP contribution in [0.15, 0.2) is 48.8 Å². The molecule has 5 rings (SSSR count). The van der Waals surface area contributed by atoms with Gasteiger partial charge < -0.3 is 24.7 Å². The van der Waals surface area contributed by atoms with E-state index in [4.69, 9.17) is 21.1 Å². The summed E-state index contributed by atoms with van der Waals surface area (Å²) < 4.78 is 10.8. The topological polar surface area (TPSA) is 83.1 Å². The summed E-state index contributed by atoms with van der Waals surface area (Å²) in [6, 6.07) is 10.6. The normalized spacial score (nSPS) is 21.4. The second kappa shape index (κ2) is 7.79. The van der Waals surface area contributed by atoms with Gasteiger partial charge in [0.25, 0.3) is 5.91 Å². The van der Waals surface area contributed by atoms with Crippen molar-refractivity contribution in [3.8, 4) is 11.5 Å². The van der Waals surface area contributed by atoms with Gasteiger partial charge in [0, 0.05) is 23.1 Å². The minimum absolute atomic E-state index is 0.0454. The van der Waals surface area contributed by atoms with Crippen LogP contribution in [0, 0.1) is 6.92 Å². The van der Waals surface area contributed by atoms with Gasteiger partial charge in [-0.25, -0.2) is 5.43 Å². The molecule has 0 saturated carbocycles. The van der Waals surface area contributed by atoms with Crippen molar-refractivity contribution in [1.29, 1.82) is 0 Å². The Hall–Kier alpha value is -3.23.